The van der Waals surface area contributed by atoms with E-state index in [0.29, 0.717) is 0 Å². The average molecular weight is 295 g/mol. The van der Waals surface area contributed by atoms with Gasteiger partial charge >= 0.3 is 0 Å². The van der Waals surface area contributed by atoms with Crippen LogP contribution in [0.2, 0.25) is 0 Å². The number of hydrogen-bond donors (Lipinski definition) is 1. The molecule has 7 nitrogen and oxygen atoms in total. The van der Waals surface area contributed by atoms with Crippen LogP contribution in [0.25, 0.3) is 0 Å². The van der Waals surface area contributed by atoms with Gasteiger partial charge in [-0.2, -0.15) is 16.8 Å². The SMILES string of the molecule is CNc1ccc(S(=O)(=O)OC)cc1S(=O)(=O)OC. The quantitative estimate of drug-likeness (QED) is 0.785. The van der Waals surface area contributed by atoms with Crippen molar-refractivity contribution >= 4 is 25.9 Å². The molecule has 0 spiro atoms. The lowest BCUT2D eigenvalue weighted by atomic mass is 10.3. The number of rotatable bonds is 5. The molecule has 0 fully saturated rings. The molecule has 0 amide bonds. The molecule has 0 unspecified atom stereocenters. The second-order valence-electron chi connectivity index (χ2n) is 3.15. The maximum Gasteiger partial charge on any atom is 0.298 e. The van der Waals surface area contributed by atoms with Crippen molar-refractivity contribution in [3.05, 3.63) is 18.2 Å². The highest BCUT2D eigenvalue weighted by Crippen LogP contribution is 2.26. The minimum atomic E-state index is -4.01. The van der Waals surface area contributed by atoms with Gasteiger partial charge in [0.05, 0.1) is 24.8 Å². The van der Waals surface area contributed by atoms with Crippen molar-refractivity contribution in [3.63, 3.8) is 0 Å². The standard InChI is InChI=1S/C9H13NO6S2/c1-10-8-5-4-7(17(11,12)15-2)6-9(8)18(13,14)16-3/h4-6,10H,1-3H3. The molecule has 0 radical (unpaired) electrons. The summed E-state index contributed by atoms with van der Waals surface area (Å²) in [6.07, 6.45) is 0. The Morgan fingerprint density at radius 3 is 2.00 bits per heavy atom. The van der Waals surface area contributed by atoms with Crippen molar-refractivity contribution in [1.82, 2.24) is 0 Å². The fraction of sp³-hybridized carbons (Fsp3) is 0.333. The summed E-state index contributed by atoms with van der Waals surface area (Å²) < 4.78 is 55.0. The topological polar surface area (TPSA) is 98.8 Å². The van der Waals surface area contributed by atoms with E-state index in [1.54, 1.807) is 0 Å². The summed E-state index contributed by atoms with van der Waals surface area (Å²) in [7, 11) is -4.48. The van der Waals surface area contributed by atoms with Gasteiger partial charge in [-0.05, 0) is 18.2 Å². The van der Waals surface area contributed by atoms with E-state index in [2.05, 4.69) is 13.7 Å². The van der Waals surface area contributed by atoms with Crippen molar-refractivity contribution in [3.8, 4) is 0 Å². The molecule has 0 aliphatic rings. The van der Waals surface area contributed by atoms with Gasteiger partial charge in [-0.3, -0.25) is 8.37 Å². The number of benzene rings is 1. The fourth-order valence-corrected chi connectivity index (χ4v) is 2.91. The minimum Gasteiger partial charge on any atom is -0.387 e. The molecule has 0 aliphatic heterocycles. The zero-order valence-corrected chi connectivity index (χ0v) is 11.6. The first-order chi connectivity index (χ1) is 8.28. The van der Waals surface area contributed by atoms with Gasteiger partial charge in [0.2, 0.25) is 0 Å². The van der Waals surface area contributed by atoms with Crippen LogP contribution in [0.3, 0.4) is 0 Å². The summed E-state index contributed by atoms with van der Waals surface area (Å²) in [5.41, 5.74) is 0.229. The van der Waals surface area contributed by atoms with Gasteiger partial charge in [-0.15, -0.1) is 0 Å². The normalized spacial score (nSPS) is 12.4. The molecule has 1 aromatic rings. The molecule has 1 aromatic carbocycles. The van der Waals surface area contributed by atoms with Crippen LogP contribution < -0.4 is 5.32 Å². The van der Waals surface area contributed by atoms with Crippen LogP contribution in [-0.2, 0) is 28.6 Å². The lowest BCUT2D eigenvalue weighted by Crippen LogP contribution is -2.09. The molecular formula is C9H13NO6S2. The second-order valence-corrected chi connectivity index (χ2v) is 6.54. The fourth-order valence-electron chi connectivity index (χ4n) is 1.26. The molecule has 0 aromatic heterocycles. The number of anilines is 1. The zero-order chi connectivity index (χ0) is 14.0. The summed E-state index contributed by atoms with van der Waals surface area (Å²) >= 11 is 0. The summed E-state index contributed by atoms with van der Waals surface area (Å²) in [5.74, 6) is 0. The van der Waals surface area contributed by atoms with E-state index in [0.717, 1.165) is 20.3 Å². The molecule has 0 saturated carbocycles. The van der Waals surface area contributed by atoms with Crippen molar-refractivity contribution in [2.24, 2.45) is 0 Å². The third-order valence-electron chi connectivity index (χ3n) is 2.22. The Hall–Kier alpha value is -1.16. The highest BCUT2D eigenvalue weighted by molar-refractivity contribution is 7.87. The number of hydrogen-bond acceptors (Lipinski definition) is 7. The van der Waals surface area contributed by atoms with Gasteiger partial charge in [0.1, 0.15) is 4.90 Å². The largest absolute Gasteiger partial charge is 0.387 e. The molecule has 1 N–H and O–H groups in total. The zero-order valence-electron chi connectivity index (χ0n) is 10.00. The molecule has 9 heteroatoms. The van der Waals surface area contributed by atoms with Crippen molar-refractivity contribution < 1.29 is 25.2 Å². The minimum absolute atomic E-state index is 0.229. The van der Waals surface area contributed by atoms with Gasteiger partial charge in [0, 0.05) is 7.05 Å². The van der Waals surface area contributed by atoms with E-state index < -0.39 is 20.2 Å². The Labute approximate surface area is 106 Å². The Balaban J connectivity index is 3.55. The Morgan fingerprint density at radius 1 is 1.00 bits per heavy atom. The molecule has 18 heavy (non-hydrogen) atoms. The third-order valence-corrected chi connectivity index (χ3v) is 4.80. The summed E-state index contributed by atoms with van der Waals surface area (Å²) in [6.45, 7) is 0. The van der Waals surface area contributed by atoms with Gasteiger partial charge in [-0.1, -0.05) is 0 Å². The first kappa shape index (κ1) is 14.9. The van der Waals surface area contributed by atoms with E-state index in [1.807, 2.05) is 0 Å². The van der Waals surface area contributed by atoms with E-state index in [9.17, 15) is 16.8 Å². The molecule has 102 valence electrons. The molecular weight excluding hydrogens is 282 g/mol. The molecule has 1 rings (SSSR count). The molecule has 0 bridgehead atoms. The maximum absolute atomic E-state index is 11.7. The summed E-state index contributed by atoms with van der Waals surface area (Å²) in [6, 6.07) is 3.53. The molecule has 0 heterocycles. The van der Waals surface area contributed by atoms with E-state index in [4.69, 9.17) is 0 Å². The van der Waals surface area contributed by atoms with Gasteiger partial charge < -0.3 is 5.32 Å². The average Bonchev–Trinajstić information content (AvgIpc) is 2.37. The Morgan fingerprint density at radius 2 is 1.56 bits per heavy atom. The Kier molecular flexibility index (Phi) is 4.32. The van der Waals surface area contributed by atoms with Crippen LogP contribution in [0.15, 0.2) is 28.0 Å². The highest BCUT2D eigenvalue weighted by Gasteiger charge is 2.22. The molecule has 0 aliphatic carbocycles. The Bertz CT molecular complexity index is 635. The van der Waals surface area contributed by atoms with Crippen molar-refractivity contribution in [1.29, 1.82) is 0 Å². The van der Waals surface area contributed by atoms with Crippen molar-refractivity contribution in [2.45, 2.75) is 9.79 Å². The summed E-state index contributed by atoms with van der Waals surface area (Å²) in [5, 5.41) is 2.64. The van der Waals surface area contributed by atoms with E-state index in [-0.39, 0.29) is 15.5 Å². The van der Waals surface area contributed by atoms with Gasteiger partial charge in [0.25, 0.3) is 20.2 Å². The predicted octanol–water partition coefficient (Wildman–Crippen LogP) is 0.398. The number of nitrogens with one attached hydrogen (secondary N) is 1. The smallest absolute Gasteiger partial charge is 0.298 e. The van der Waals surface area contributed by atoms with Gasteiger partial charge in [-0.25, -0.2) is 0 Å². The summed E-state index contributed by atoms with van der Waals surface area (Å²) in [4.78, 5) is -0.537. The van der Waals surface area contributed by atoms with Crippen LogP contribution in [0, 0.1) is 0 Å². The van der Waals surface area contributed by atoms with Crippen LogP contribution in [0.5, 0.6) is 0 Å². The first-order valence-electron chi connectivity index (χ1n) is 4.71. The van der Waals surface area contributed by atoms with Gasteiger partial charge in [0.15, 0.2) is 0 Å². The second kappa shape index (κ2) is 5.22. The maximum atomic E-state index is 11.7. The highest BCUT2D eigenvalue weighted by atomic mass is 32.2. The lowest BCUT2D eigenvalue weighted by Gasteiger charge is -2.10. The van der Waals surface area contributed by atoms with Crippen LogP contribution in [0.4, 0.5) is 5.69 Å². The van der Waals surface area contributed by atoms with Crippen LogP contribution in [0.1, 0.15) is 0 Å². The molecule has 0 atom stereocenters. The van der Waals surface area contributed by atoms with Crippen LogP contribution in [-0.4, -0.2) is 38.1 Å². The molecule has 0 saturated heterocycles. The lowest BCUT2D eigenvalue weighted by molar-refractivity contribution is 0.396. The van der Waals surface area contributed by atoms with Crippen molar-refractivity contribution in [2.75, 3.05) is 26.6 Å². The van der Waals surface area contributed by atoms with E-state index >= 15 is 0 Å². The predicted molar refractivity (Wildman–Crippen MR) is 64.4 cm³/mol. The third kappa shape index (κ3) is 2.80. The van der Waals surface area contributed by atoms with E-state index in [1.165, 1.54) is 19.2 Å². The first-order valence-corrected chi connectivity index (χ1v) is 7.53. The monoisotopic (exact) mass is 295 g/mol. The van der Waals surface area contributed by atoms with Crippen LogP contribution >= 0.6 is 0 Å².